The van der Waals surface area contributed by atoms with Crippen LogP contribution in [0, 0.1) is 12.7 Å². The molecule has 3 heteroatoms. The van der Waals surface area contributed by atoms with Crippen molar-refractivity contribution in [2.45, 2.75) is 26.7 Å². The van der Waals surface area contributed by atoms with Crippen LogP contribution in [0.1, 0.15) is 30.2 Å². The van der Waals surface area contributed by atoms with E-state index < -0.39 is 0 Å². The third kappa shape index (κ3) is 2.14. The van der Waals surface area contributed by atoms with E-state index in [9.17, 15) is 4.39 Å². The van der Waals surface area contributed by atoms with Crippen LogP contribution in [-0.2, 0) is 0 Å². The van der Waals surface area contributed by atoms with Gasteiger partial charge in [-0.15, -0.1) is 0 Å². The first-order valence-corrected chi connectivity index (χ1v) is 6.08. The van der Waals surface area contributed by atoms with Gasteiger partial charge in [-0.1, -0.05) is 13.8 Å². The number of halogens is 1. The lowest BCUT2D eigenvalue weighted by molar-refractivity contribution is 0.627. The fraction of sp³-hybridized carbons (Fsp3) is 0.308. The topological polar surface area (TPSA) is 12.9 Å². The molecule has 0 unspecified atom stereocenters. The Kier molecular flexibility index (Phi) is 3.06. The number of hydrogen-bond donors (Lipinski definition) is 0. The van der Waals surface area contributed by atoms with Gasteiger partial charge in [-0.3, -0.25) is 0 Å². The molecule has 0 fully saturated rings. The number of hydrogen-bond acceptors (Lipinski definition) is 2. The molecule has 0 saturated carbocycles. The molecule has 0 atom stereocenters. The zero-order chi connectivity index (χ0) is 11.7. The molecule has 0 saturated heterocycles. The summed E-state index contributed by atoms with van der Waals surface area (Å²) in [6, 6.07) is 6.92. The Bertz CT molecular complexity index is 502. The van der Waals surface area contributed by atoms with E-state index in [1.54, 1.807) is 12.1 Å². The van der Waals surface area contributed by atoms with Crippen LogP contribution < -0.4 is 0 Å². The molecule has 0 aliphatic carbocycles. The fourth-order valence-corrected chi connectivity index (χ4v) is 2.33. The Morgan fingerprint density at radius 2 is 2.00 bits per heavy atom. The second-order valence-corrected chi connectivity index (χ2v) is 5.07. The lowest BCUT2D eigenvalue weighted by Crippen LogP contribution is -1.85. The quantitative estimate of drug-likeness (QED) is 0.752. The largest absolute Gasteiger partial charge is 0.207 e. The van der Waals surface area contributed by atoms with Gasteiger partial charge in [0.25, 0.3) is 0 Å². The molecule has 16 heavy (non-hydrogen) atoms. The number of aromatic nitrogens is 1. The normalized spacial score (nSPS) is 11.1. The minimum atomic E-state index is -0.194. The molecule has 1 nitrogen and oxygen atoms in total. The van der Waals surface area contributed by atoms with Crippen LogP contribution in [0.25, 0.3) is 11.3 Å². The zero-order valence-electron chi connectivity index (χ0n) is 9.62. The number of nitrogens with zero attached hydrogens (tertiary/aromatic N) is 1. The van der Waals surface area contributed by atoms with Gasteiger partial charge >= 0.3 is 0 Å². The first-order chi connectivity index (χ1) is 7.58. The van der Waals surface area contributed by atoms with Crippen molar-refractivity contribution in [2.75, 3.05) is 0 Å². The molecule has 1 heterocycles. The fourth-order valence-electron chi connectivity index (χ4n) is 1.60. The van der Waals surface area contributed by atoms with Crippen molar-refractivity contribution in [1.29, 1.82) is 0 Å². The van der Waals surface area contributed by atoms with Crippen molar-refractivity contribution >= 4 is 11.5 Å². The minimum Gasteiger partial charge on any atom is -0.207 e. The van der Waals surface area contributed by atoms with Crippen LogP contribution in [-0.4, -0.2) is 4.37 Å². The number of aryl methyl sites for hydroxylation is 1. The summed E-state index contributed by atoms with van der Waals surface area (Å²) in [7, 11) is 0. The van der Waals surface area contributed by atoms with E-state index >= 15 is 0 Å². The van der Waals surface area contributed by atoms with Gasteiger partial charge in [0.15, 0.2) is 0 Å². The highest BCUT2D eigenvalue weighted by Crippen LogP contribution is 2.28. The predicted molar refractivity (Wildman–Crippen MR) is 66.3 cm³/mol. The maximum atomic E-state index is 13.0. The monoisotopic (exact) mass is 235 g/mol. The van der Waals surface area contributed by atoms with E-state index in [2.05, 4.69) is 24.3 Å². The highest BCUT2D eigenvalue weighted by atomic mass is 32.1. The van der Waals surface area contributed by atoms with Crippen LogP contribution in [0.15, 0.2) is 24.3 Å². The van der Waals surface area contributed by atoms with Gasteiger partial charge in [0, 0.05) is 10.4 Å². The summed E-state index contributed by atoms with van der Waals surface area (Å²) >= 11 is 1.52. The highest BCUT2D eigenvalue weighted by Gasteiger charge is 2.09. The van der Waals surface area contributed by atoms with Crippen LogP contribution in [0.5, 0.6) is 0 Å². The molecular formula is C13H14FNS. The SMILES string of the molecule is Cc1cc(F)ccc1-c1cc(C(C)C)sn1. The van der Waals surface area contributed by atoms with E-state index in [0.29, 0.717) is 5.92 Å². The Hall–Kier alpha value is -1.22. The summed E-state index contributed by atoms with van der Waals surface area (Å²) < 4.78 is 17.4. The first-order valence-electron chi connectivity index (χ1n) is 5.31. The Balaban J connectivity index is 2.42. The second-order valence-electron chi connectivity index (χ2n) is 4.23. The lowest BCUT2D eigenvalue weighted by Gasteiger charge is -2.02. The number of rotatable bonds is 2. The van der Waals surface area contributed by atoms with E-state index in [1.807, 2.05) is 6.92 Å². The van der Waals surface area contributed by atoms with Crippen molar-refractivity contribution < 1.29 is 4.39 Å². The van der Waals surface area contributed by atoms with Gasteiger partial charge in [-0.25, -0.2) is 4.39 Å². The summed E-state index contributed by atoms with van der Waals surface area (Å²) in [6.07, 6.45) is 0. The lowest BCUT2D eigenvalue weighted by atomic mass is 10.0. The Morgan fingerprint density at radius 3 is 2.56 bits per heavy atom. The van der Waals surface area contributed by atoms with Gasteiger partial charge in [-0.2, -0.15) is 4.37 Å². The molecule has 0 radical (unpaired) electrons. The van der Waals surface area contributed by atoms with Crippen LogP contribution in [0.3, 0.4) is 0 Å². The van der Waals surface area contributed by atoms with Crippen LogP contribution in [0.4, 0.5) is 4.39 Å². The summed E-state index contributed by atoms with van der Waals surface area (Å²) in [4.78, 5) is 1.26. The summed E-state index contributed by atoms with van der Waals surface area (Å²) in [5.74, 6) is 0.299. The average Bonchev–Trinajstić information content (AvgIpc) is 2.66. The molecule has 2 aromatic rings. The Labute approximate surface area is 99.1 Å². The van der Waals surface area contributed by atoms with E-state index in [4.69, 9.17) is 0 Å². The van der Waals surface area contributed by atoms with Crippen LogP contribution >= 0.6 is 11.5 Å². The van der Waals surface area contributed by atoms with Gasteiger partial charge in [-0.05, 0) is 54.2 Å². The van der Waals surface area contributed by atoms with Gasteiger partial charge < -0.3 is 0 Å². The van der Waals surface area contributed by atoms with Crippen molar-refractivity contribution in [3.8, 4) is 11.3 Å². The van der Waals surface area contributed by atoms with Crippen molar-refractivity contribution in [1.82, 2.24) is 4.37 Å². The smallest absolute Gasteiger partial charge is 0.123 e. The standard InChI is InChI=1S/C13H14FNS/c1-8(2)13-7-12(15-16-13)11-5-4-10(14)6-9(11)3/h4-8H,1-3H3. The molecule has 0 N–H and O–H groups in total. The van der Waals surface area contributed by atoms with Crippen molar-refractivity contribution in [3.63, 3.8) is 0 Å². The summed E-state index contributed by atoms with van der Waals surface area (Å²) in [5, 5.41) is 0. The molecule has 0 aliphatic rings. The zero-order valence-corrected chi connectivity index (χ0v) is 10.4. The summed E-state index contributed by atoms with van der Waals surface area (Å²) in [6.45, 7) is 6.20. The number of benzene rings is 1. The molecule has 0 aliphatic heterocycles. The molecular weight excluding hydrogens is 221 g/mol. The molecule has 84 valence electrons. The predicted octanol–water partition coefficient (Wildman–Crippen LogP) is 4.38. The molecule has 0 amide bonds. The van der Waals surface area contributed by atoms with E-state index in [-0.39, 0.29) is 5.82 Å². The maximum Gasteiger partial charge on any atom is 0.123 e. The second kappa shape index (κ2) is 4.34. The van der Waals surface area contributed by atoms with Gasteiger partial charge in [0.1, 0.15) is 5.82 Å². The van der Waals surface area contributed by atoms with Crippen molar-refractivity contribution in [3.05, 3.63) is 40.5 Å². The molecule has 1 aromatic heterocycles. The molecule has 0 spiro atoms. The van der Waals surface area contributed by atoms with Gasteiger partial charge in [0.05, 0.1) is 5.69 Å². The third-order valence-electron chi connectivity index (χ3n) is 2.56. The highest BCUT2D eigenvalue weighted by molar-refractivity contribution is 7.06. The first kappa shape index (κ1) is 11.3. The minimum absolute atomic E-state index is 0.194. The summed E-state index contributed by atoms with van der Waals surface area (Å²) in [5.41, 5.74) is 2.90. The molecule has 2 rings (SSSR count). The van der Waals surface area contributed by atoms with E-state index in [0.717, 1.165) is 16.8 Å². The third-order valence-corrected chi connectivity index (χ3v) is 3.65. The van der Waals surface area contributed by atoms with Crippen molar-refractivity contribution in [2.24, 2.45) is 0 Å². The maximum absolute atomic E-state index is 13.0. The van der Waals surface area contributed by atoms with Crippen LogP contribution in [0.2, 0.25) is 0 Å². The Morgan fingerprint density at radius 1 is 1.25 bits per heavy atom. The molecule has 0 bridgehead atoms. The average molecular weight is 235 g/mol. The van der Waals surface area contributed by atoms with E-state index in [1.165, 1.54) is 22.5 Å². The molecule has 1 aromatic carbocycles. The van der Waals surface area contributed by atoms with Gasteiger partial charge in [0.2, 0.25) is 0 Å².